The van der Waals surface area contributed by atoms with Crippen molar-refractivity contribution in [3.05, 3.63) is 58.1 Å². The molecule has 0 amide bonds. The van der Waals surface area contributed by atoms with Gasteiger partial charge in [-0.25, -0.2) is 4.79 Å². The van der Waals surface area contributed by atoms with E-state index in [4.69, 9.17) is 9.47 Å². The molecule has 0 spiro atoms. The van der Waals surface area contributed by atoms with Gasteiger partial charge in [-0.05, 0) is 24.3 Å². The van der Waals surface area contributed by atoms with E-state index in [1.54, 1.807) is 12.1 Å². The van der Waals surface area contributed by atoms with Crippen molar-refractivity contribution in [2.75, 3.05) is 14.2 Å². The number of nitro benzene ring substituents is 1. The molecule has 0 unspecified atom stereocenters. The van der Waals surface area contributed by atoms with Gasteiger partial charge in [0.15, 0.2) is 0 Å². The molecule has 0 N–H and O–H groups in total. The van der Waals surface area contributed by atoms with Gasteiger partial charge in [-0.1, -0.05) is 12.1 Å². The van der Waals surface area contributed by atoms with Gasteiger partial charge in [-0.15, -0.1) is 0 Å². The number of hydrogen-bond acceptors (Lipinski definition) is 6. The number of hydrogen-bond donors (Lipinski definition) is 0. The summed E-state index contributed by atoms with van der Waals surface area (Å²) in [5.41, 5.74) is -0.0888. The molecule has 0 heterocycles. The monoisotopic (exact) mass is 303 g/mol. The molecular formula is C15H13NO6. The maximum atomic E-state index is 11.8. The molecule has 7 nitrogen and oxygen atoms in total. The summed E-state index contributed by atoms with van der Waals surface area (Å²) in [7, 11) is 2.69. The van der Waals surface area contributed by atoms with Crippen molar-refractivity contribution in [3.8, 4) is 17.2 Å². The van der Waals surface area contributed by atoms with Crippen LogP contribution in [0.1, 0.15) is 10.4 Å². The van der Waals surface area contributed by atoms with E-state index in [-0.39, 0.29) is 22.7 Å². The maximum absolute atomic E-state index is 11.8. The number of nitrogens with zero attached hydrogens (tertiary/aromatic N) is 1. The van der Waals surface area contributed by atoms with E-state index in [1.807, 2.05) is 0 Å². The highest BCUT2D eigenvalue weighted by Gasteiger charge is 2.19. The van der Waals surface area contributed by atoms with Gasteiger partial charge in [0.05, 0.1) is 19.1 Å². The van der Waals surface area contributed by atoms with E-state index >= 15 is 0 Å². The highest BCUT2D eigenvalue weighted by atomic mass is 16.6. The number of carbonyl (C=O) groups is 1. The van der Waals surface area contributed by atoms with Crippen LogP contribution >= 0.6 is 0 Å². The Morgan fingerprint density at radius 1 is 1.09 bits per heavy atom. The highest BCUT2D eigenvalue weighted by Crippen LogP contribution is 2.34. The molecule has 114 valence electrons. The first-order valence-corrected chi connectivity index (χ1v) is 6.24. The maximum Gasteiger partial charge on any atom is 0.341 e. The quantitative estimate of drug-likeness (QED) is 0.479. The summed E-state index contributed by atoms with van der Waals surface area (Å²) in [4.78, 5) is 22.3. The third-order valence-electron chi connectivity index (χ3n) is 2.87. The van der Waals surface area contributed by atoms with Gasteiger partial charge in [-0.3, -0.25) is 10.1 Å². The van der Waals surface area contributed by atoms with Crippen LogP contribution < -0.4 is 9.47 Å². The summed E-state index contributed by atoms with van der Waals surface area (Å²) in [6.45, 7) is 0. The van der Waals surface area contributed by atoms with Gasteiger partial charge in [0.1, 0.15) is 17.1 Å². The van der Waals surface area contributed by atoms with Crippen LogP contribution in [0.4, 0.5) is 5.69 Å². The summed E-state index contributed by atoms with van der Waals surface area (Å²) < 4.78 is 15.3. The van der Waals surface area contributed by atoms with Crippen molar-refractivity contribution in [2.24, 2.45) is 0 Å². The normalized spacial score (nSPS) is 9.91. The van der Waals surface area contributed by atoms with Crippen molar-refractivity contribution in [3.63, 3.8) is 0 Å². The average Bonchev–Trinajstić information content (AvgIpc) is 2.54. The molecule has 0 aliphatic carbocycles. The molecule has 0 atom stereocenters. The summed E-state index contributed by atoms with van der Waals surface area (Å²) in [5.74, 6) is -0.0208. The molecule has 2 aromatic carbocycles. The van der Waals surface area contributed by atoms with Crippen LogP contribution in [0, 0.1) is 10.1 Å². The molecule has 2 aromatic rings. The standard InChI is InChI=1S/C15H13NO6/c1-20-10-7-8-13(11(9-10)15(17)21-2)22-14-6-4-3-5-12(14)16(18)19/h3-9H,1-2H3. The van der Waals surface area contributed by atoms with Gasteiger partial charge in [0, 0.05) is 6.07 Å². The van der Waals surface area contributed by atoms with Gasteiger partial charge >= 0.3 is 11.7 Å². The predicted molar refractivity (Wildman–Crippen MR) is 77.5 cm³/mol. The van der Waals surface area contributed by atoms with Crippen molar-refractivity contribution in [1.29, 1.82) is 0 Å². The van der Waals surface area contributed by atoms with E-state index in [9.17, 15) is 14.9 Å². The molecule has 0 aliphatic rings. The fraction of sp³-hybridized carbons (Fsp3) is 0.133. The van der Waals surface area contributed by atoms with E-state index < -0.39 is 10.9 Å². The molecule has 0 aromatic heterocycles. The minimum absolute atomic E-state index is 0.0304. The van der Waals surface area contributed by atoms with Gasteiger partial charge in [-0.2, -0.15) is 0 Å². The van der Waals surface area contributed by atoms with E-state index in [0.717, 1.165) is 0 Å². The van der Waals surface area contributed by atoms with Crippen molar-refractivity contribution in [2.45, 2.75) is 0 Å². The number of rotatable bonds is 5. The Kier molecular flexibility index (Phi) is 4.57. The Balaban J connectivity index is 2.45. The molecule has 0 radical (unpaired) electrons. The minimum Gasteiger partial charge on any atom is -0.497 e. The fourth-order valence-electron chi connectivity index (χ4n) is 1.81. The van der Waals surface area contributed by atoms with Crippen LogP contribution in [-0.4, -0.2) is 25.1 Å². The van der Waals surface area contributed by atoms with Crippen LogP contribution in [-0.2, 0) is 4.74 Å². The summed E-state index contributed by atoms with van der Waals surface area (Å²) in [6.07, 6.45) is 0. The highest BCUT2D eigenvalue weighted by molar-refractivity contribution is 5.93. The molecule has 0 bridgehead atoms. The van der Waals surface area contributed by atoms with E-state index in [2.05, 4.69) is 4.74 Å². The third kappa shape index (κ3) is 3.14. The van der Waals surface area contributed by atoms with Gasteiger partial charge in [0.2, 0.25) is 5.75 Å². The van der Waals surface area contributed by atoms with Crippen LogP contribution in [0.15, 0.2) is 42.5 Å². The van der Waals surface area contributed by atoms with Crippen molar-refractivity contribution in [1.82, 2.24) is 0 Å². The number of methoxy groups -OCH3 is 2. The molecule has 0 fully saturated rings. The van der Waals surface area contributed by atoms with Gasteiger partial charge < -0.3 is 14.2 Å². The molecular weight excluding hydrogens is 290 g/mol. The number of carbonyl (C=O) groups excluding carboxylic acids is 1. The predicted octanol–water partition coefficient (Wildman–Crippen LogP) is 3.18. The fourth-order valence-corrected chi connectivity index (χ4v) is 1.81. The number of benzene rings is 2. The number of ether oxygens (including phenoxy) is 3. The zero-order valence-electron chi connectivity index (χ0n) is 11.9. The van der Waals surface area contributed by atoms with Crippen LogP contribution in [0.25, 0.3) is 0 Å². The van der Waals surface area contributed by atoms with Crippen molar-refractivity contribution >= 4 is 11.7 Å². The second-order valence-electron chi connectivity index (χ2n) is 4.18. The van der Waals surface area contributed by atoms with E-state index in [1.165, 1.54) is 44.6 Å². The molecule has 0 saturated heterocycles. The second-order valence-corrected chi connectivity index (χ2v) is 4.18. The Labute approximate surface area is 126 Å². The smallest absolute Gasteiger partial charge is 0.341 e. The Morgan fingerprint density at radius 3 is 2.45 bits per heavy atom. The molecule has 7 heteroatoms. The Bertz CT molecular complexity index is 713. The number of para-hydroxylation sites is 2. The third-order valence-corrected chi connectivity index (χ3v) is 2.87. The van der Waals surface area contributed by atoms with Crippen LogP contribution in [0.5, 0.6) is 17.2 Å². The lowest BCUT2D eigenvalue weighted by molar-refractivity contribution is -0.385. The molecule has 0 aliphatic heterocycles. The molecule has 22 heavy (non-hydrogen) atoms. The summed E-state index contributed by atoms with van der Waals surface area (Å²) in [6, 6.07) is 10.4. The van der Waals surface area contributed by atoms with Gasteiger partial charge in [0.25, 0.3) is 0 Å². The summed E-state index contributed by atoms with van der Waals surface area (Å²) in [5, 5.41) is 11.0. The first-order valence-electron chi connectivity index (χ1n) is 6.24. The number of esters is 1. The zero-order valence-corrected chi connectivity index (χ0v) is 11.9. The Hall–Kier alpha value is -3.09. The first kappa shape index (κ1) is 15.3. The average molecular weight is 303 g/mol. The van der Waals surface area contributed by atoms with Crippen LogP contribution in [0.3, 0.4) is 0 Å². The minimum atomic E-state index is -0.632. The number of nitro groups is 1. The lowest BCUT2D eigenvalue weighted by Gasteiger charge is -2.11. The van der Waals surface area contributed by atoms with Crippen LogP contribution in [0.2, 0.25) is 0 Å². The Morgan fingerprint density at radius 2 is 1.82 bits per heavy atom. The zero-order chi connectivity index (χ0) is 16.1. The van der Waals surface area contributed by atoms with E-state index in [0.29, 0.717) is 5.75 Å². The second kappa shape index (κ2) is 6.57. The largest absolute Gasteiger partial charge is 0.497 e. The first-order chi connectivity index (χ1) is 10.6. The molecule has 0 saturated carbocycles. The SMILES string of the molecule is COC(=O)c1cc(OC)ccc1Oc1ccccc1[N+](=O)[O-]. The topological polar surface area (TPSA) is 87.9 Å². The lowest BCUT2D eigenvalue weighted by atomic mass is 10.2. The lowest BCUT2D eigenvalue weighted by Crippen LogP contribution is -2.04. The van der Waals surface area contributed by atoms with Crippen molar-refractivity contribution < 1.29 is 23.9 Å². The molecule has 2 rings (SSSR count). The summed E-state index contributed by atoms with van der Waals surface area (Å²) >= 11 is 0.